The van der Waals surface area contributed by atoms with Crippen LogP contribution >= 0.6 is 0 Å². The van der Waals surface area contributed by atoms with Crippen molar-refractivity contribution in [2.75, 3.05) is 6.54 Å². The Bertz CT molecular complexity index is 1210. The van der Waals surface area contributed by atoms with Gasteiger partial charge in [0.05, 0.1) is 5.94 Å². The number of fused-ring (bicyclic) bond motifs is 1. The summed E-state index contributed by atoms with van der Waals surface area (Å²) < 4.78 is 0. The highest BCUT2D eigenvalue weighted by Gasteiger charge is 2.30. The van der Waals surface area contributed by atoms with Crippen molar-refractivity contribution in [3.8, 4) is 0 Å². The molecule has 0 aliphatic carbocycles. The maximum atomic E-state index is 13.2. The first-order valence-electron chi connectivity index (χ1n) is 11.8. The minimum atomic E-state index is -1.78. The van der Waals surface area contributed by atoms with Crippen molar-refractivity contribution in [1.29, 1.82) is 0 Å². The number of aryl methyl sites for hydroxylation is 1. The molecule has 188 valence electrons. The van der Waals surface area contributed by atoms with Crippen molar-refractivity contribution in [2.24, 2.45) is 5.92 Å². The van der Waals surface area contributed by atoms with E-state index in [0.29, 0.717) is 17.4 Å². The van der Waals surface area contributed by atoms with Crippen molar-refractivity contribution in [3.63, 3.8) is 0 Å². The fourth-order valence-electron chi connectivity index (χ4n) is 3.78. The first-order chi connectivity index (χ1) is 17.2. The van der Waals surface area contributed by atoms with Gasteiger partial charge in [0.15, 0.2) is 0 Å². The molecular weight excluding hydrogens is 459 g/mol. The van der Waals surface area contributed by atoms with E-state index >= 15 is 0 Å². The minimum Gasteiger partial charge on any atom is -0.426 e. The normalized spacial score (nSPS) is 12.6. The van der Waals surface area contributed by atoms with E-state index in [-0.39, 0.29) is 18.2 Å². The number of carbonyl (C=O) groups is 3. The van der Waals surface area contributed by atoms with Gasteiger partial charge in [0.1, 0.15) is 11.7 Å². The third-order valence-electron chi connectivity index (χ3n) is 5.70. The molecule has 36 heavy (non-hydrogen) atoms. The molecule has 5 N–H and O–H groups in total. The van der Waals surface area contributed by atoms with E-state index < -0.39 is 36.8 Å². The second kappa shape index (κ2) is 12.3. The van der Waals surface area contributed by atoms with Gasteiger partial charge in [0.25, 0.3) is 11.8 Å². The predicted molar refractivity (Wildman–Crippen MR) is 138 cm³/mol. The summed E-state index contributed by atoms with van der Waals surface area (Å²) in [5.41, 5.74) is 1.54. The van der Waals surface area contributed by atoms with Gasteiger partial charge >= 0.3 is 7.12 Å². The van der Waals surface area contributed by atoms with Crippen LogP contribution in [0.1, 0.15) is 46.7 Å². The summed E-state index contributed by atoms with van der Waals surface area (Å²) in [6.45, 7) is 5.45. The van der Waals surface area contributed by atoms with E-state index in [1.54, 1.807) is 42.5 Å². The predicted octanol–water partition coefficient (Wildman–Crippen LogP) is 1.61. The molecule has 0 unspecified atom stereocenters. The number of aromatic nitrogens is 1. The summed E-state index contributed by atoms with van der Waals surface area (Å²) in [5, 5.41) is 28.8. The molecule has 3 amide bonds. The highest BCUT2D eigenvalue weighted by Crippen LogP contribution is 2.16. The van der Waals surface area contributed by atoms with Crippen LogP contribution in [-0.4, -0.2) is 58.4 Å². The van der Waals surface area contributed by atoms with Gasteiger partial charge in [-0.3, -0.25) is 19.4 Å². The highest BCUT2D eigenvalue weighted by atomic mass is 16.4. The Morgan fingerprint density at radius 2 is 1.64 bits per heavy atom. The van der Waals surface area contributed by atoms with Crippen LogP contribution in [0.25, 0.3) is 10.8 Å². The molecule has 0 aliphatic heterocycles. The summed E-state index contributed by atoms with van der Waals surface area (Å²) in [4.78, 5) is 43.1. The topological polar surface area (TPSA) is 141 Å². The van der Waals surface area contributed by atoms with Crippen LogP contribution < -0.4 is 16.0 Å². The minimum absolute atomic E-state index is 0.0752. The fraction of sp³-hybridized carbons (Fsp3) is 0.308. The van der Waals surface area contributed by atoms with Gasteiger partial charge in [-0.1, -0.05) is 55.8 Å². The molecule has 9 nitrogen and oxygen atoms in total. The zero-order valence-electron chi connectivity index (χ0n) is 20.6. The average Bonchev–Trinajstić information content (AvgIpc) is 2.85. The molecule has 2 aromatic carbocycles. The van der Waals surface area contributed by atoms with E-state index in [0.717, 1.165) is 10.9 Å². The van der Waals surface area contributed by atoms with Crippen LogP contribution in [0.2, 0.25) is 0 Å². The molecule has 0 bridgehead atoms. The van der Waals surface area contributed by atoms with Crippen molar-refractivity contribution in [2.45, 2.75) is 39.2 Å². The Morgan fingerprint density at radius 3 is 2.31 bits per heavy atom. The van der Waals surface area contributed by atoms with Gasteiger partial charge in [0.2, 0.25) is 5.91 Å². The first-order valence-corrected chi connectivity index (χ1v) is 11.8. The molecule has 0 saturated heterocycles. The summed E-state index contributed by atoms with van der Waals surface area (Å²) in [6.07, 6.45) is 1.82. The van der Waals surface area contributed by atoms with Crippen LogP contribution in [0.3, 0.4) is 0 Å². The van der Waals surface area contributed by atoms with Crippen LogP contribution in [-0.2, 0) is 4.79 Å². The van der Waals surface area contributed by atoms with Gasteiger partial charge < -0.3 is 26.0 Å². The maximum absolute atomic E-state index is 13.2. The number of carbonyl (C=O) groups excluding carboxylic acids is 3. The number of amides is 3. The number of rotatable bonds is 10. The van der Waals surface area contributed by atoms with E-state index in [4.69, 9.17) is 0 Å². The largest absolute Gasteiger partial charge is 0.475 e. The molecule has 2 atom stereocenters. The van der Waals surface area contributed by atoms with Gasteiger partial charge in [-0.25, -0.2) is 0 Å². The van der Waals surface area contributed by atoms with E-state index in [2.05, 4.69) is 20.9 Å². The van der Waals surface area contributed by atoms with Crippen molar-refractivity contribution < 1.29 is 24.4 Å². The first kappa shape index (κ1) is 26.8. The SMILES string of the molecule is Cc1ccc(C(=O)NC[C@H](NC(=O)c2nccc3ccccc23)C(=O)N[C@@H](CC(C)C)B(O)O)cc1. The Hall–Kier alpha value is -3.76. The summed E-state index contributed by atoms with van der Waals surface area (Å²) in [7, 11) is -1.78. The Kier molecular flexibility index (Phi) is 9.16. The second-order valence-corrected chi connectivity index (χ2v) is 9.14. The molecule has 0 saturated carbocycles. The number of benzene rings is 2. The molecule has 0 fully saturated rings. The molecule has 3 aromatic rings. The monoisotopic (exact) mass is 490 g/mol. The van der Waals surface area contributed by atoms with Gasteiger partial charge in [-0.15, -0.1) is 0 Å². The molecule has 10 heteroatoms. The van der Waals surface area contributed by atoms with Crippen LogP contribution in [0.15, 0.2) is 60.8 Å². The van der Waals surface area contributed by atoms with Crippen LogP contribution in [0.4, 0.5) is 0 Å². The fourth-order valence-corrected chi connectivity index (χ4v) is 3.78. The zero-order valence-corrected chi connectivity index (χ0v) is 20.6. The lowest BCUT2D eigenvalue weighted by atomic mass is 9.75. The lowest BCUT2D eigenvalue weighted by molar-refractivity contribution is -0.123. The zero-order chi connectivity index (χ0) is 26.2. The summed E-state index contributed by atoms with van der Waals surface area (Å²) in [6, 6.07) is 14.7. The molecule has 0 aliphatic rings. The maximum Gasteiger partial charge on any atom is 0.475 e. The molecule has 3 rings (SSSR count). The Balaban J connectivity index is 1.81. The van der Waals surface area contributed by atoms with Crippen molar-refractivity contribution in [3.05, 3.63) is 77.6 Å². The summed E-state index contributed by atoms with van der Waals surface area (Å²) >= 11 is 0. The van der Waals surface area contributed by atoms with E-state index in [9.17, 15) is 24.4 Å². The Labute approximate surface area is 210 Å². The number of hydrogen-bond acceptors (Lipinski definition) is 6. The molecule has 0 radical (unpaired) electrons. The molecule has 0 spiro atoms. The van der Waals surface area contributed by atoms with Crippen LogP contribution in [0.5, 0.6) is 0 Å². The van der Waals surface area contributed by atoms with E-state index in [1.807, 2.05) is 32.9 Å². The molecule has 1 heterocycles. The van der Waals surface area contributed by atoms with Crippen molar-refractivity contribution >= 4 is 35.6 Å². The third-order valence-corrected chi connectivity index (χ3v) is 5.70. The summed E-state index contributed by atoms with van der Waals surface area (Å²) in [5.74, 6) is -2.54. The van der Waals surface area contributed by atoms with Gasteiger partial charge in [0, 0.05) is 23.7 Å². The second-order valence-electron chi connectivity index (χ2n) is 9.14. The van der Waals surface area contributed by atoms with Gasteiger partial charge in [-0.2, -0.15) is 0 Å². The lowest BCUT2D eigenvalue weighted by Gasteiger charge is -2.24. The number of nitrogens with one attached hydrogen (secondary N) is 3. The van der Waals surface area contributed by atoms with Crippen molar-refractivity contribution in [1.82, 2.24) is 20.9 Å². The lowest BCUT2D eigenvalue weighted by Crippen LogP contribution is -2.57. The van der Waals surface area contributed by atoms with Gasteiger partial charge in [-0.05, 0) is 42.8 Å². The van der Waals surface area contributed by atoms with Crippen LogP contribution in [0, 0.1) is 12.8 Å². The quantitative estimate of drug-likeness (QED) is 0.274. The molecule has 1 aromatic heterocycles. The average molecular weight is 490 g/mol. The molecular formula is C26H31BN4O5. The smallest absolute Gasteiger partial charge is 0.426 e. The third kappa shape index (κ3) is 7.13. The standard InChI is InChI=1S/C26H31BN4O5/c1-16(2)14-22(27(35)36)31-25(33)21(15-29-24(32)19-10-8-17(3)9-11-19)30-26(34)23-20-7-5-4-6-18(20)12-13-28-23/h4-13,16,21-22,35-36H,14-15H2,1-3H3,(H,29,32)(H,30,34)(H,31,33)/t21-,22-/m0/s1. The number of nitrogens with zero attached hydrogens (tertiary/aromatic N) is 1. The Morgan fingerprint density at radius 1 is 0.944 bits per heavy atom. The van der Waals surface area contributed by atoms with E-state index in [1.165, 1.54) is 6.20 Å². The number of hydrogen-bond donors (Lipinski definition) is 5. The number of pyridine rings is 1. The highest BCUT2D eigenvalue weighted by molar-refractivity contribution is 6.43.